The van der Waals surface area contributed by atoms with Crippen LogP contribution in [0.15, 0.2) is 28.9 Å². The van der Waals surface area contributed by atoms with Crippen LogP contribution in [0.1, 0.15) is 19.7 Å². The quantitative estimate of drug-likeness (QED) is 0.694. The molecule has 0 unspecified atom stereocenters. The average Bonchev–Trinajstić information content (AvgIpc) is 2.69. The van der Waals surface area contributed by atoms with Crippen molar-refractivity contribution in [2.45, 2.75) is 20.8 Å². The third-order valence-electron chi connectivity index (χ3n) is 1.45. The van der Waals surface area contributed by atoms with Crippen molar-refractivity contribution in [1.29, 1.82) is 0 Å². The largest absolute Gasteiger partial charge is 0.421 e. The van der Waals surface area contributed by atoms with Crippen LogP contribution in [0.25, 0.3) is 11.5 Å². The fraction of sp³-hybridized carbons (Fsp3) is 0.300. The third-order valence-corrected chi connectivity index (χ3v) is 1.45. The van der Waals surface area contributed by atoms with Crippen molar-refractivity contribution in [2.24, 2.45) is 0 Å². The molecule has 0 radical (unpaired) electrons. The van der Waals surface area contributed by atoms with Crippen LogP contribution in [0.5, 0.6) is 0 Å². The SMILES string of the molecule is CC.Cc1nnc(-c2ccncc2)o1. The summed E-state index contributed by atoms with van der Waals surface area (Å²) in [5.41, 5.74) is 0.894. The minimum atomic E-state index is 0.537. The van der Waals surface area contributed by atoms with Crippen LogP contribution in [-0.2, 0) is 0 Å². The summed E-state index contributed by atoms with van der Waals surface area (Å²) in [6.45, 7) is 5.76. The highest BCUT2D eigenvalue weighted by atomic mass is 16.4. The van der Waals surface area contributed by atoms with Crippen molar-refractivity contribution in [3.8, 4) is 11.5 Å². The highest BCUT2D eigenvalue weighted by molar-refractivity contribution is 5.50. The number of rotatable bonds is 1. The fourth-order valence-electron chi connectivity index (χ4n) is 0.908. The van der Waals surface area contributed by atoms with Gasteiger partial charge < -0.3 is 4.42 Å². The molecule has 0 bridgehead atoms. The van der Waals surface area contributed by atoms with Crippen molar-refractivity contribution in [3.05, 3.63) is 30.4 Å². The first-order chi connectivity index (χ1) is 6.86. The van der Waals surface area contributed by atoms with Crippen LogP contribution in [-0.4, -0.2) is 15.2 Å². The summed E-state index contributed by atoms with van der Waals surface area (Å²) in [5, 5.41) is 7.60. The van der Waals surface area contributed by atoms with E-state index in [1.54, 1.807) is 19.3 Å². The molecular formula is C10H13N3O. The van der Waals surface area contributed by atoms with Gasteiger partial charge >= 0.3 is 0 Å². The van der Waals surface area contributed by atoms with Crippen molar-refractivity contribution in [2.75, 3.05) is 0 Å². The van der Waals surface area contributed by atoms with Crippen molar-refractivity contribution in [1.82, 2.24) is 15.2 Å². The highest BCUT2D eigenvalue weighted by Crippen LogP contribution is 2.15. The maximum absolute atomic E-state index is 5.22. The van der Waals surface area contributed by atoms with E-state index in [0.29, 0.717) is 11.8 Å². The molecular weight excluding hydrogens is 178 g/mol. The summed E-state index contributed by atoms with van der Waals surface area (Å²) in [6, 6.07) is 3.65. The van der Waals surface area contributed by atoms with Crippen LogP contribution in [0.2, 0.25) is 0 Å². The molecule has 2 rings (SSSR count). The summed E-state index contributed by atoms with van der Waals surface area (Å²) < 4.78 is 5.22. The van der Waals surface area contributed by atoms with Crippen LogP contribution >= 0.6 is 0 Å². The van der Waals surface area contributed by atoms with Gasteiger partial charge in [-0.2, -0.15) is 0 Å². The van der Waals surface area contributed by atoms with Crippen LogP contribution in [0, 0.1) is 6.92 Å². The average molecular weight is 191 g/mol. The molecule has 0 amide bonds. The Balaban J connectivity index is 0.000000461. The highest BCUT2D eigenvalue weighted by Gasteiger charge is 2.03. The minimum Gasteiger partial charge on any atom is -0.421 e. The van der Waals surface area contributed by atoms with Crippen LogP contribution < -0.4 is 0 Å². The number of nitrogens with zero attached hydrogens (tertiary/aromatic N) is 3. The summed E-state index contributed by atoms with van der Waals surface area (Å²) in [6.07, 6.45) is 3.38. The summed E-state index contributed by atoms with van der Waals surface area (Å²) >= 11 is 0. The number of aromatic nitrogens is 3. The van der Waals surface area contributed by atoms with Gasteiger partial charge in [-0.05, 0) is 12.1 Å². The maximum atomic E-state index is 5.22. The van der Waals surface area contributed by atoms with Crippen molar-refractivity contribution < 1.29 is 4.42 Å². The molecule has 0 aromatic carbocycles. The summed E-state index contributed by atoms with van der Waals surface area (Å²) in [5.74, 6) is 1.11. The zero-order valence-corrected chi connectivity index (χ0v) is 8.56. The topological polar surface area (TPSA) is 51.8 Å². The van der Waals surface area contributed by atoms with Crippen molar-refractivity contribution in [3.63, 3.8) is 0 Å². The number of hydrogen-bond donors (Lipinski definition) is 0. The van der Waals surface area contributed by atoms with Gasteiger partial charge in [0.1, 0.15) is 0 Å². The summed E-state index contributed by atoms with van der Waals surface area (Å²) in [4.78, 5) is 3.89. The first-order valence-electron chi connectivity index (χ1n) is 4.57. The standard InChI is InChI=1S/C8H7N3O.C2H6/c1-6-10-11-8(12-6)7-2-4-9-5-3-7;1-2/h2-5H,1H3;1-2H3. The molecule has 74 valence electrons. The van der Waals surface area contributed by atoms with E-state index < -0.39 is 0 Å². The Hall–Kier alpha value is -1.71. The lowest BCUT2D eigenvalue weighted by Crippen LogP contribution is -1.77. The fourth-order valence-corrected chi connectivity index (χ4v) is 0.908. The molecule has 0 N–H and O–H groups in total. The Labute approximate surface area is 83.0 Å². The van der Waals surface area contributed by atoms with Gasteiger partial charge in [0.2, 0.25) is 11.8 Å². The van der Waals surface area contributed by atoms with Crippen LogP contribution in [0.4, 0.5) is 0 Å². The first kappa shape index (κ1) is 10.4. The molecule has 0 spiro atoms. The molecule has 4 nitrogen and oxygen atoms in total. The van der Waals surface area contributed by atoms with E-state index in [2.05, 4.69) is 15.2 Å². The van der Waals surface area contributed by atoms with E-state index in [-0.39, 0.29) is 0 Å². The molecule has 2 aromatic heterocycles. The second-order valence-corrected chi connectivity index (χ2v) is 2.36. The second-order valence-electron chi connectivity index (χ2n) is 2.36. The van der Waals surface area contributed by atoms with Crippen LogP contribution in [0.3, 0.4) is 0 Å². The van der Waals surface area contributed by atoms with Gasteiger partial charge in [0.05, 0.1) is 0 Å². The third kappa shape index (κ3) is 2.39. The van der Waals surface area contributed by atoms with E-state index in [9.17, 15) is 0 Å². The molecule has 0 aliphatic rings. The Morgan fingerprint density at radius 2 is 1.71 bits per heavy atom. The number of hydrogen-bond acceptors (Lipinski definition) is 4. The lowest BCUT2D eigenvalue weighted by molar-refractivity contribution is 0.532. The van der Waals surface area contributed by atoms with Gasteiger partial charge in [0.25, 0.3) is 0 Å². The first-order valence-corrected chi connectivity index (χ1v) is 4.57. The predicted molar refractivity (Wildman–Crippen MR) is 53.6 cm³/mol. The van der Waals surface area contributed by atoms with E-state index in [1.807, 2.05) is 26.0 Å². The summed E-state index contributed by atoms with van der Waals surface area (Å²) in [7, 11) is 0. The van der Waals surface area contributed by atoms with E-state index in [0.717, 1.165) is 5.56 Å². The normalized spacial score (nSPS) is 9.07. The molecule has 0 aliphatic heterocycles. The monoisotopic (exact) mass is 191 g/mol. The van der Waals surface area contributed by atoms with E-state index in [1.165, 1.54) is 0 Å². The smallest absolute Gasteiger partial charge is 0.247 e. The number of aryl methyl sites for hydroxylation is 1. The number of pyridine rings is 1. The molecule has 0 atom stereocenters. The van der Waals surface area contributed by atoms with E-state index >= 15 is 0 Å². The Morgan fingerprint density at radius 1 is 1.07 bits per heavy atom. The van der Waals surface area contributed by atoms with Crippen molar-refractivity contribution >= 4 is 0 Å². The Bertz CT molecular complexity index is 370. The molecule has 14 heavy (non-hydrogen) atoms. The van der Waals surface area contributed by atoms with Gasteiger partial charge in [-0.3, -0.25) is 4.98 Å². The maximum Gasteiger partial charge on any atom is 0.247 e. The molecule has 2 heterocycles. The van der Waals surface area contributed by atoms with Gasteiger partial charge in [-0.1, -0.05) is 13.8 Å². The van der Waals surface area contributed by atoms with Gasteiger partial charge in [0.15, 0.2) is 0 Å². The zero-order valence-electron chi connectivity index (χ0n) is 8.56. The molecule has 0 aliphatic carbocycles. The van der Waals surface area contributed by atoms with E-state index in [4.69, 9.17) is 4.42 Å². The lowest BCUT2D eigenvalue weighted by atomic mass is 10.3. The predicted octanol–water partition coefficient (Wildman–Crippen LogP) is 2.47. The van der Waals surface area contributed by atoms with Gasteiger partial charge in [0, 0.05) is 24.9 Å². The Kier molecular flexibility index (Phi) is 3.79. The molecule has 0 fully saturated rings. The molecule has 0 saturated heterocycles. The molecule has 2 aromatic rings. The minimum absolute atomic E-state index is 0.537. The second kappa shape index (κ2) is 5.11. The molecule has 0 saturated carbocycles. The Morgan fingerprint density at radius 3 is 2.21 bits per heavy atom. The lowest BCUT2D eigenvalue weighted by Gasteiger charge is -1.89. The van der Waals surface area contributed by atoms with Gasteiger partial charge in [-0.25, -0.2) is 0 Å². The zero-order chi connectivity index (χ0) is 10.4. The molecule has 4 heteroatoms. The van der Waals surface area contributed by atoms with Gasteiger partial charge in [-0.15, -0.1) is 10.2 Å².